The summed E-state index contributed by atoms with van der Waals surface area (Å²) in [5.74, 6) is 0. The Kier molecular flexibility index (Phi) is 21.8. The molecule has 0 aromatic rings. The molecule has 0 amide bonds. The van der Waals surface area contributed by atoms with Gasteiger partial charge in [-0.1, -0.05) is 6.58 Å². The molecule has 0 spiro atoms. The minimum absolute atomic E-state index is 0. The number of hydrogen-bond acceptors (Lipinski definition) is 1. The van der Waals surface area contributed by atoms with Crippen molar-refractivity contribution in [1.29, 1.82) is 0 Å². The summed E-state index contributed by atoms with van der Waals surface area (Å²) < 4.78 is 0. The first kappa shape index (κ1) is 8.83. The fraction of sp³-hybridized carbons (Fsp3) is 0. The van der Waals surface area contributed by atoms with Crippen LogP contribution in [-0.4, -0.2) is 26.6 Å². The average molecular weight is 254 g/mol. The molecular formula is C2H7NPo. The molecule has 0 heterocycles. The Hall–Kier alpha value is 0.436. The maximum atomic E-state index is 4.61. The summed E-state index contributed by atoms with van der Waals surface area (Å²) in [6.07, 6.45) is 1.25. The summed E-state index contributed by atoms with van der Waals surface area (Å²) >= 11 is 0. The normalized spacial score (nSPS) is 3.00. The predicted molar refractivity (Wildman–Crippen MR) is 22.9 cm³/mol. The maximum absolute atomic E-state index is 4.61. The van der Waals surface area contributed by atoms with Crippen LogP contribution in [0.2, 0.25) is 0 Å². The third kappa shape index (κ3) is 26.4. The number of hydrogen-bond donors (Lipinski definition) is 1. The zero-order valence-corrected chi connectivity index (χ0v) is 6.25. The molecule has 0 aliphatic carbocycles. The van der Waals surface area contributed by atoms with Crippen molar-refractivity contribution in [2.45, 2.75) is 0 Å². The van der Waals surface area contributed by atoms with Crippen molar-refractivity contribution in [3.05, 3.63) is 12.8 Å². The molecule has 2 heteroatoms. The van der Waals surface area contributed by atoms with Crippen LogP contribution < -0.4 is 5.73 Å². The quantitative estimate of drug-likeness (QED) is 0.600. The second-order valence-electron chi connectivity index (χ2n) is 0.236. The first-order valence-corrected chi connectivity index (χ1v) is 0.742. The Morgan fingerprint density at radius 3 is 1.75 bits per heavy atom. The van der Waals surface area contributed by atoms with Crippen LogP contribution in [0.25, 0.3) is 0 Å². The summed E-state index contributed by atoms with van der Waals surface area (Å²) in [5, 5.41) is 0. The van der Waals surface area contributed by atoms with E-state index in [0.29, 0.717) is 0 Å². The van der Waals surface area contributed by atoms with E-state index in [9.17, 15) is 0 Å². The van der Waals surface area contributed by atoms with E-state index in [-0.39, 0.29) is 26.6 Å². The summed E-state index contributed by atoms with van der Waals surface area (Å²) in [6, 6.07) is 0. The van der Waals surface area contributed by atoms with Crippen molar-refractivity contribution in [3.8, 4) is 0 Å². The van der Waals surface area contributed by atoms with Gasteiger partial charge in [0, 0.05) is 0 Å². The van der Waals surface area contributed by atoms with E-state index >= 15 is 0 Å². The Morgan fingerprint density at radius 2 is 1.75 bits per heavy atom. The van der Waals surface area contributed by atoms with Crippen molar-refractivity contribution in [3.63, 3.8) is 0 Å². The predicted octanol–water partition coefficient (Wildman–Crippen LogP) is -0.828. The van der Waals surface area contributed by atoms with Crippen LogP contribution in [-0.2, 0) is 0 Å². The van der Waals surface area contributed by atoms with Gasteiger partial charge in [-0.3, -0.25) is 0 Å². The second-order valence-corrected chi connectivity index (χ2v) is 0.236. The topological polar surface area (TPSA) is 26.0 Å². The third-order valence-corrected chi connectivity index (χ3v) is 0. The van der Waals surface area contributed by atoms with Gasteiger partial charge in [0.05, 0.1) is 0 Å². The standard InChI is InChI=1S/C2H5N.Po.2H/c1-2-3;;;/h2H,1,3H2;;;. The zero-order chi connectivity index (χ0) is 2.71. The van der Waals surface area contributed by atoms with Crippen molar-refractivity contribution in [2.75, 3.05) is 0 Å². The minimum atomic E-state index is 0. The molecule has 2 N–H and O–H groups in total. The molecule has 0 fully saturated rings. The van der Waals surface area contributed by atoms with Gasteiger partial charge < -0.3 is 5.73 Å². The van der Waals surface area contributed by atoms with Gasteiger partial charge in [-0.15, -0.1) is 0 Å². The Labute approximate surface area is 45.3 Å². The summed E-state index contributed by atoms with van der Waals surface area (Å²) in [4.78, 5) is 0. The van der Waals surface area contributed by atoms with E-state index < -0.39 is 0 Å². The van der Waals surface area contributed by atoms with Gasteiger partial charge in [0.25, 0.3) is 0 Å². The molecule has 0 aromatic heterocycles. The summed E-state index contributed by atoms with van der Waals surface area (Å²) in [5.41, 5.74) is 4.61. The van der Waals surface area contributed by atoms with Gasteiger partial charge in [0.1, 0.15) is 0 Å². The summed E-state index contributed by atoms with van der Waals surface area (Å²) in [7, 11) is 0. The number of rotatable bonds is 0. The molecule has 0 aliphatic heterocycles. The molecule has 0 saturated carbocycles. The first-order chi connectivity index (χ1) is 1.41. The first-order valence-electron chi connectivity index (χ1n) is 0.742. The van der Waals surface area contributed by atoms with Gasteiger partial charge >= 0.3 is 26.6 Å². The van der Waals surface area contributed by atoms with E-state index in [1.807, 2.05) is 0 Å². The molecule has 26 valence electrons. The number of nitrogens with two attached hydrogens (primary N) is 1. The molecule has 0 saturated heterocycles. The van der Waals surface area contributed by atoms with Gasteiger partial charge in [-0.05, 0) is 6.20 Å². The molecule has 0 rings (SSSR count). The van der Waals surface area contributed by atoms with E-state index in [2.05, 4.69) is 12.3 Å². The van der Waals surface area contributed by atoms with Crippen LogP contribution in [0, 0.1) is 0 Å². The van der Waals surface area contributed by atoms with Crippen molar-refractivity contribution in [2.24, 2.45) is 5.73 Å². The molecule has 0 radical (unpaired) electrons. The molecule has 0 bridgehead atoms. The molecule has 0 unspecified atom stereocenters. The second kappa shape index (κ2) is 9.89. The third-order valence-electron chi connectivity index (χ3n) is 0. The van der Waals surface area contributed by atoms with Crippen LogP contribution in [0.3, 0.4) is 0 Å². The van der Waals surface area contributed by atoms with Crippen LogP contribution >= 0.6 is 0 Å². The van der Waals surface area contributed by atoms with E-state index in [0.717, 1.165) is 0 Å². The Balaban J connectivity index is 0. The fourth-order valence-corrected chi connectivity index (χ4v) is 0. The van der Waals surface area contributed by atoms with Crippen molar-refractivity contribution < 1.29 is 0 Å². The van der Waals surface area contributed by atoms with Gasteiger partial charge in [0.2, 0.25) is 0 Å². The van der Waals surface area contributed by atoms with Crippen LogP contribution in [0.5, 0.6) is 0 Å². The monoisotopic (exact) mass is 254 g/mol. The van der Waals surface area contributed by atoms with Gasteiger partial charge in [0.15, 0.2) is 0 Å². The Morgan fingerprint density at radius 1 is 1.75 bits per heavy atom. The van der Waals surface area contributed by atoms with Crippen LogP contribution in [0.4, 0.5) is 0 Å². The fourth-order valence-electron chi connectivity index (χ4n) is 0. The molecule has 1 nitrogen and oxygen atoms in total. The molecule has 0 atom stereocenters. The van der Waals surface area contributed by atoms with Crippen LogP contribution in [0.15, 0.2) is 12.8 Å². The molecule has 0 aromatic carbocycles. The van der Waals surface area contributed by atoms with E-state index in [1.54, 1.807) is 0 Å². The molecular weight excluding hydrogens is 247 g/mol. The zero-order valence-electron chi connectivity index (χ0n) is 2.36. The van der Waals surface area contributed by atoms with Gasteiger partial charge in [-0.25, -0.2) is 0 Å². The summed E-state index contributed by atoms with van der Waals surface area (Å²) in [6.45, 7) is 3.14. The average Bonchev–Trinajstić information content (AvgIpc) is 0.918. The van der Waals surface area contributed by atoms with E-state index in [1.165, 1.54) is 6.20 Å². The van der Waals surface area contributed by atoms with Gasteiger partial charge in [-0.2, -0.15) is 0 Å². The van der Waals surface area contributed by atoms with Crippen LogP contribution in [0.1, 0.15) is 0 Å². The van der Waals surface area contributed by atoms with E-state index in [4.69, 9.17) is 0 Å². The molecule has 4 heavy (non-hydrogen) atoms. The van der Waals surface area contributed by atoms with Crippen molar-refractivity contribution in [1.82, 2.24) is 0 Å². The Bertz CT molecular complexity index is 13.5. The van der Waals surface area contributed by atoms with Crippen molar-refractivity contribution >= 4 is 26.6 Å². The SMILES string of the molecule is C=CN.[PoH2]. The molecule has 0 aliphatic rings.